The molecule has 1 aliphatic carbocycles. The lowest BCUT2D eigenvalue weighted by atomic mass is 9.63. The number of methoxy groups -OCH3 is 1. The summed E-state index contributed by atoms with van der Waals surface area (Å²) in [4.78, 5) is 32.4. The number of anilines is 1. The minimum atomic E-state index is -1.57. The first-order valence-corrected chi connectivity index (χ1v) is 21.3. The van der Waals surface area contributed by atoms with Crippen LogP contribution in [0.3, 0.4) is 0 Å². The summed E-state index contributed by atoms with van der Waals surface area (Å²) in [5.74, 6) is 1.31. The maximum atomic E-state index is 13.5. The number of allylic oxidation sites excluding steroid dienone is 1. The lowest BCUT2D eigenvalue weighted by molar-refractivity contribution is -0.132. The molecule has 4 aliphatic rings. The number of amides is 2. The van der Waals surface area contributed by atoms with Crippen molar-refractivity contribution < 1.29 is 23.3 Å². The molecule has 53 heavy (non-hydrogen) atoms. The molecule has 1 saturated heterocycles. The second-order valence-corrected chi connectivity index (χ2v) is 17.1. The van der Waals surface area contributed by atoms with Crippen LogP contribution in [0.1, 0.15) is 94.6 Å². The van der Waals surface area contributed by atoms with E-state index in [1.54, 1.807) is 13.0 Å². The zero-order chi connectivity index (χ0) is 38.3. The Kier molecular flexibility index (Phi) is 14.5. The van der Waals surface area contributed by atoms with Gasteiger partial charge in [-0.1, -0.05) is 63.9 Å². The van der Waals surface area contributed by atoms with Crippen molar-refractivity contribution in [3.05, 3.63) is 70.3 Å². The second kappa shape index (κ2) is 18.6. The predicted molar refractivity (Wildman–Crippen MR) is 216 cm³/mol. The number of fused-ring (bicyclic) bond motifs is 2. The molecule has 0 radical (unpaired) electrons. The Morgan fingerprint density at radius 3 is 2.49 bits per heavy atom. The molecule has 7 unspecified atom stereocenters. The first-order chi connectivity index (χ1) is 25.5. The molecule has 2 aromatic carbocycles. The van der Waals surface area contributed by atoms with Gasteiger partial charge >= 0.3 is 0 Å². The maximum Gasteiger partial charge on any atom is 0.263 e. The molecule has 1 saturated carbocycles. The van der Waals surface area contributed by atoms with Crippen LogP contribution >= 0.6 is 11.6 Å². The van der Waals surface area contributed by atoms with Crippen molar-refractivity contribution in [3.63, 3.8) is 0 Å². The fourth-order valence-electron chi connectivity index (χ4n) is 8.44. The van der Waals surface area contributed by atoms with Gasteiger partial charge in [0.05, 0.1) is 17.5 Å². The highest BCUT2D eigenvalue weighted by Gasteiger charge is 2.48. The molecule has 2 amide bonds. The summed E-state index contributed by atoms with van der Waals surface area (Å²) in [6.45, 7) is 17.7. The average molecular weight is 769 g/mol. The van der Waals surface area contributed by atoms with Crippen molar-refractivity contribution >= 4 is 40.1 Å². The van der Waals surface area contributed by atoms with E-state index in [4.69, 9.17) is 21.1 Å². The summed E-state index contributed by atoms with van der Waals surface area (Å²) in [5, 5.41) is 0.489. The van der Waals surface area contributed by atoms with E-state index in [2.05, 4.69) is 52.7 Å². The molecular weight excluding hydrogens is 708 g/mol. The van der Waals surface area contributed by atoms with Gasteiger partial charge in [0.1, 0.15) is 22.3 Å². The van der Waals surface area contributed by atoms with Gasteiger partial charge in [0, 0.05) is 76.4 Å². The molecule has 1 N–H and O–H groups in total. The van der Waals surface area contributed by atoms with Crippen LogP contribution in [-0.4, -0.2) is 96.2 Å². The summed E-state index contributed by atoms with van der Waals surface area (Å²) in [7, 11) is 0.275. The molecule has 0 aromatic heterocycles. The molecule has 2 fully saturated rings. The Bertz CT molecular complexity index is 1630. The molecule has 7 atom stereocenters. The van der Waals surface area contributed by atoms with E-state index in [1.807, 2.05) is 51.0 Å². The van der Waals surface area contributed by atoms with E-state index in [9.17, 15) is 13.8 Å². The van der Waals surface area contributed by atoms with Gasteiger partial charge in [-0.15, -0.1) is 0 Å². The van der Waals surface area contributed by atoms with Crippen LogP contribution in [0.15, 0.2) is 48.6 Å². The third-order valence-electron chi connectivity index (χ3n) is 11.9. The van der Waals surface area contributed by atoms with Crippen molar-refractivity contribution in [3.8, 4) is 5.75 Å². The first-order valence-electron chi connectivity index (χ1n) is 19.7. The smallest absolute Gasteiger partial charge is 0.263 e. The number of halogens is 1. The molecule has 9 nitrogen and oxygen atoms in total. The van der Waals surface area contributed by atoms with Crippen LogP contribution in [0, 0.1) is 17.8 Å². The van der Waals surface area contributed by atoms with Crippen LogP contribution in [0.25, 0.3) is 0 Å². The number of benzene rings is 2. The fraction of sp³-hybridized carbons (Fsp3) is 0.619. The third kappa shape index (κ3) is 9.49. The lowest BCUT2D eigenvalue weighted by Crippen LogP contribution is -2.59. The third-order valence-corrected chi connectivity index (χ3v) is 13.7. The van der Waals surface area contributed by atoms with E-state index in [0.29, 0.717) is 24.5 Å². The molecule has 6 rings (SSSR count). The van der Waals surface area contributed by atoms with Gasteiger partial charge in [-0.05, 0) is 91.8 Å². The number of carbonyl (C=O) groups excluding carboxylic acids is 2. The number of hydrogen-bond donors (Lipinski definition) is 1. The minimum Gasteiger partial charge on any atom is -0.491 e. The summed E-state index contributed by atoms with van der Waals surface area (Å²) >= 11 is 6.48. The van der Waals surface area contributed by atoms with Gasteiger partial charge in [0.15, 0.2) is 0 Å². The van der Waals surface area contributed by atoms with Gasteiger partial charge in [-0.2, -0.15) is 0 Å². The van der Waals surface area contributed by atoms with Gasteiger partial charge in [0.25, 0.3) is 5.91 Å². The monoisotopic (exact) mass is 768 g/mol. The molecule has 3 aliphatic heterocycles. The number of nitrogens with one attached hydrogen (secondary N) is 1. The topological polar surface area (TPSA) is 91.4 Å². The van der Waals surface area contributed by atoms with E-state index >= 15 is 0 Å². The first kappa shape index (κ1) is 41.2. The lowest BCUT2D eigenvalue weighted by Gasteiger charge is -2.52. The Morgan fingerprint density at radius 1 is 1.08 bits per heavy atom. The van der Waals surface area contributed by atoms with E-state index in [0.717, 1.165) is 88.0 Å². The quantitative estimate of drug-likeness (QED) is 0.310. The Hall–Kier alpha value is -2.92. The summed E-state index contributed by atoms with van der Waals surface area (Å²) in [6.07, 6.45) is 9.29. The average Bonchev–Trinajstić information content (AvgIpc) is 3.32. The Morgan fingerprint density at radius 2 is 1.83 bits per heavy atom. The fourth-order valence-corrected chi connectivity index (χ4v) is 9.66. The van der Waals surface area contributed by atoms with Gasteiger partial charge in [-0.25, -0.2) is 4.21 Å². The molecule has 3 heterocycles. The highest BCUT2D eigenvalue weighted by molar-refractivity contribution is 7.84. The molecular formula is C42H61ClN4O5S. The van der Waals surface area contributed by atoms with Crippen LogP contribution in [0.2, 0.25) is 5.02 Å². The maximum absolute atomic E-state index is 13.5. The molecule has 292 valence electrons. The predicted octanol–water partition coefficient (Wildman–Crippen LogP) is 7.25. The van der Waals surface area contributed by atoms with Gasteiger partial charge in [0.2, 0.25) is 5.91 Å². The SMILES string of the molecule is CC.CCCc1cc(Cl)ccc1C1COc2ccc3cc2N(C1)CC1CCC1C(CN1CCN(C(C)=O)CC1)(OC)/C=C/CC(C)C(C)S(=O)NC3=O. The highest BCUT2D eigenvalue weighted by Crippen LogP contribution is 2.47. The number of rotatable bonds is 6. The molecule has 2 aromatic rings. The van der Waals surface area contributed by atoms with Gasteiger partial charge < -0.3 is 19.3 Å². The number of ether oxygens (including phenoxy) is 2. The van der Waals surface area contributed by atoms with E-state index < -0.39 is 16.6 Å². The van der Waals surface area contributed by atoms with Crippen LogP contribution in [0.5, 0.6) is 5.75 Å². The zero-order valence-corrected chi connectivity index (χ0v) is 34.4. The van der Waals surface area contributed by atoms with Crippen molar-refractivity contribution in [2.45, 2.75) is 90.4 Å². The second-order valence-electron chi connectivity index (χ2n) is 15.1. The largest absolute Gasteiger partial charge is 0.491 e. The standard InChI is InChI=1S/C40H55ClN4O5S.C2H6/c1-6-8-30-21-34(41)12-13-35(30)33-24-45-23-32-10-14-36(32)40(49-5,26-43-17-19-44(20-18-43)29(4)46)16-7-9-27(2)28(3)51(48)42-39(47)31-11-15-38(50-25-33)37(45)22-31;1-2/h7,11-13,15-16,21-22,27-28,32-33,36H,6,8-10,14,17-20,23-26H2,1-5H3,(H,42,47);1-2H3/b16-7+;. The van der Waals surface area contributed by atoms with Crippen molar-refractivity contribution in [2.24, 2.45) is 17.8 Å². The molecule has 0 spiro atoms. The Balaban J connectivity index is 0.00000266. The number of aryl methyl sites for hydroxylation is 1. The number of hydrogen-bond acceptors (Lipinski definition) is 7. The van der Waals surface area contributed by atoms with E-state index in [-0.39, 0.29) is 34.8 Å². The van der Waals surface area contributed by atoms with Gasteiger partial charge in [-0.3, -0.25) is 19.2 Å². The van der Waals surface area contributed by atoms with Crippen molar-refractivity contribution in [1.82, 2.24) is 14.5 Å². The number of piperazine rings is 1. The normalized spacial score (nSPS) is 30.0. The Labute approximate surface area is 325 Å². The minimum absolute atomic E-state index is 0.0690. The zero-order valence-electron chi connectivity index (χ0n) is 32.9. The van der Waals surface area contributed by atoms with Crippen LogP contribution < -0.4 is 14.4 Å². The van der Waals surface area contributed by atoms with Crippen LogP contribution in [-0.2, 0) is 26.9 Å². The van der Waals surface area contributed by atoms with Crippen molar-refractivity contribution in [2.75, 3.05) is 64.4 Å². The molecule has 2 bridgehead atoms. The summed E-state index contributed by atoms with van der Waals surface area (Å²) < 4.78 is 29.4. The summed E-state index contributed by atoms with van der Waals surface area (Å²) in [5.41, 5.74) is 3.34. The number of carbonyl (C=O) groups is 2. The van der Waals surface area contributed by atoms with Crippen molar-refractivity contribution in [1.29, 1.82) is 0 Å². The van der Waals surface area contributed by atoms with Crippen LogP contribution in [0.4, 0.5) is 5.69 Å². The van der Waals surface area contributed by atoms with E-state index in [1.165, 1.54) is 11.1 Å². The molecule has 11 heteroatoms. The number of nitrogens with zero attached hydrogens (tertiary/aromatic N) is 3. The highest BCUT2D eigenvalue weighted by atomic mass is 35.5. The summed E-state index contributed by atoms with van der Waals surface area (Å²) in [6, 6.07) is 11.8.